The SMILES string of the molecule is CCCC1CCC(/C=C/CCc2ccc(C3CCC(C4CCC(C)CC4)CC3)c(F)c2F)CC1. The molecular weight excluding hydrogens is 422 g/mol. The minimum Gasteiger partial charge on any atom is -0.203 e. The smallest absolute Gasteiger partial charge is 0.162 e. The molecule has 0 bridgehead atoms. The highest BCUT2D eigenvalue weighted by atomic mass is 19.2. The van der Waals surface area contributed by atoms with Crippen LogP contribution in [-0.4, -0.2) is 0 Å². The average molecular weight is 471 g/mol. The first-order valence-electron chi connectivity index (χ1n) is 14.7. The number of hydrogen-bond donors (Lipinski definition) is 0. The van der Waals surface area contributed by atoms with Gasteiger partial charge < -0.3 is 0 Å². The van der Waals surface area contributed by atoms with Gasteiger partial charge in [-0.2, -0.15) is 0 Å². The lowest BCUT2D eigenvalue weighted by atomic mass is 9.68. The minimum absolute atomic E-state index is 0.199. The van der Waals surface area contributed by atoms with Gasteiger partial charge in [-0.1, -0.05) is 63.8 Å². The van der Waals surface area contributed by atoms with Crippen molar-refractivity contribution in [2.24, 2.45) is 29.6 Å². The third-order valence-corrected chi connectivity index (χ3v) is 9.71. The number of benzene rings is 1. The second-order valence-electron chi connectivity index (χ2n) is 12.1. The molecular formula is C32H48F2. The molecule has 1 aromatic rings. The zero-order valence-corrected chi connectivity index (χ0v) is 21.8. The third-order valence-electron chi connectivity index (χ3n) is 9.71. The first kappa shape index (κ1) is 25.9. The maximum Gasteiger partial charge on any atom is 0.162 e. The molecule has 0 N–H and O–H groups in total. The van der Waals surface area contributed by atoms with Gasteiger partial charge in [0.05, 0.1) is 0 Å². The molecule has 0 aromatic heterocycles. The maximum absolute atomic E-state index is 15.0. The highest BCUT2D eigenvalue weighted by Gasteiger charge is 2.31. The largest absolute Gasteiger partial charge is 0.203 e. The molecule has 3 saturated carbocycles. The summed E-state index contributed by atoms with van der Waals surface area (Å²) in [5.74, 6) is 3.24. The molecule has 3 aliphatic carbocycles. The number of rotatable bonds is 8. The van der Waals surface area contributed by atoms with Gasteiger partial charge in [-0.3, -0.25) is 0 Å². The van der Waals surface area contributed by atoms with E-state index in [4.69, 9.17) is 0 Å². The molecule has 0 spiro atoms. The molecule has 0 aliphatic heterocycles. The second kappa shape index (κ2) is 12.7. The van der Waals surface area contributed by atoms with Crippen molar-refractivity contribution in [2.75, 3.05) is 0 Å². The number of halogens is 2. The van der Waals surface area contributed by atoms with E-state index in [1.807, 2.05) is 12.1 Å². The lowest BCUT2D eigenvalue weighted by molar-refractivity contribution is 0.164. The van der Waals surface area contributed by atoms with Crippen LogP contribution in [0.15, 0.2) is 24.3 Å². The summed E-state index contributed by atoms with van der Waals surface area (Å²) in [6.45, 7) is 4.66. The average Bonchev–Trinajstić information content (AvgIpc) is 2.86. The van der Waals surface area contributed by atoms with Crippen LogP contribution in [0.4, 0.5) is 8.78 Å². The summed E-state index contributed by atoms with van der Waals surface area (Å²) in [6, 6.07) is 3.77. The fraction of sp³-hybridized carbons (Fsp3) is 0.750. The monoisotopic (exact) mass is 470 g/mol. The van der Waals surface area contributed by atoms with E-state index in [0.29, 0.717) is 23.5 Å². The Morgan fingerprint density at radius 3 is 2.09 bits per heavy atom. The Morgan fingerprint density at radius 1 is 0.794 bits per heavy atom. The molecule has 0 heterocycles. The van der Waals surface area contributed by atoms with E-state index in [9.17, 15) is 4.39 Å². The van der Waals surface area contributed by atoms with Crippen LogP contribution >= 0.6 is 0 Å². The van der Waals surface area contributed by atoms with Crippen LogP contribution in [-0.2, 0) is 6.42 Å². The Kier molecular flexibility index (Phi) is 9.66. The van der Waals surface area contributed by atoms with Gasteiger partial charge in [0, 0.05) is 0 Å². The molecule has 3 fully saturated rings. The molecule has 0 radical (unpaired) electrons. The van der Waals surface area contributed by atoms with Crippen molar-refractivity contribution in [3.05, 3.63) is 47.0 Å². The molecule has 0 atom stereocenters. The number of hydrogen-bond acceptors (Lipinski definition) is 0. The van der Waals surface area contributed by atoms with E-state index in [1.165, 1.54) is 77.0 Å². The van der Waals surface area contributed by atoms with E-state index in [-0.39, 0.29) is 5.92 Å². The number of aryl methyl sites for hydroxylation is 1. The Bertz CT molecular complexity index is 772. The van der Waals surface area contributed by atoms with E-state index in [1.54, 1.807) is 0 Å². The van der Waals surface area contributed by atoms with Gasteiger partial charge in [0.1, 0.15) is 0 Å². The maximum atomic E-state index is 15.0. The van der Waals surface area contributed by atoms with Crippen LogP contribution in [0.2, 0.25) is 0 Å². The first-order chi connectivity index (χ1) is 16.5. The first-order valence-corrected chi connectivity index (χ1v) is 14.7. The quantitative estimate of drug-likeness (QED) is 0.331. The summed E-state index contributed by atoms with van der Waals surface area (Å²) in [6.07, 6.45) is 23.9. The minimum atomic E-state index is -0.589. The molecule has 190 valence electrons. The molecule has 0 saturated heterocycles. The van der Waals surface area contributed by atoms with Gasteiger partial charge in [0.25, 0.3) is 0 Å². The summed E-state index contributed by atoms with van der Waals surface area (Å²) < 4.78 is 30.0. The van der Waals surface area contributed by atoms with E-state index in [0.717, 1.165) is 42.9 Å². The summed E-state index contributed by atoms with van der Waals surface area (Å²) in [7, 11) is 0. The number of allylic oxidation sites excluding steroid dienone is 2. The molecule has 0 nitrogen and oxygen atoms in total. The summed E-state index contributed by atoms with van der Waals surface area (Å²) >= 11 is 0. The van der Waals surface area contributed by atoms with Crippen molar-refractivity contribution >= 4 is 0 Å². The normalized spacial score (nSPS) is 32.8. The van der Waals surface area contributed by atoms with Crippen LogP contribution in [0.5, 0.6) is 0 Å². The van der Waals surface area contributed by atoms with Gasteiger partial charge in [-0.25, -0.2) is 8.78 Å². The molecule has 4 rings (SSSR count). The van der Waals surface area contributed by atoms with Crippen LogP contribution in [0.25, 0.3) is 0 Å². The van der Waals surface area contributed by atoms with E-state index in [2.05, 4.69) is 26.0 Å². The van der Waals surface area contributed by atoms with E-state index >= 15 is 4.39 Å². The predicted molar refractivity (Wildman–Crippen MR) is 140 cm³/mol. The molecule has 3 aliphatic rings. The summed E-state index contributed by atoms with van der Waals surface area (Å²) in [4.78, 5) is 0. The highest BCUT2D eigenvalue weighted by Crippen LogP contribution is 2.44. The van der Waals surface area contributed by atoms with Crippen molar-refractivity contribution in [3.8, 4) is 0 Å². The third kappa shape index (κ3) is 6.73. The van der Waals surface area contributed by atoms with Crippen LogP contribution in [0, 0.1) is 41.2 Å². The topological polar surface area (TPSA) is 0 Å². The Labute approximate surface area is 208 Å². The van der Waals surface area contributed by atoms with Gasteiger partial charge in [0.15, 0.2) is 11.6 Å². The van der Waals surface area contributed by atoms with Crippen molar-refractivity contribution in [3.63, 3.8) is 0 Å². The van der Waals surface area contributed by atoms with Crippen LogP contribution in [0.3, 0.4) is 0 Å². The summed E-state index contributed by atoms with van der Waals surface area (Å²) in [5, 5.41) is 0. The zero-order valence-electron chi connectivity index (χ0n) is 21.8. The summed E-state index contributed by atoms with van der Waals surface area (Å²) in [5.41, 5.74) is 1.18. The Hall–Kier alpha value is -1.18. The molecule has 34 heavy (non-hydrogen) atoms. The predicted octanol–water partition coefficient (Wildman–Crippen LogP) is 10.2. The fourth-order valence-electron chi connectivity index (χ4n) is 7.38. The van der Waals surface area contributed by atoms with Gasteiger partial charge in [-0.05, 0) is 124 Å². The molecule has 0 amide bonds. The van der Waals surface area contributed by atoms with Gasteiger partial charge in [-0.15, -0.1) is 0 Å². The van der Waals surface area contributed by atoms with Crippen LogP contribution in [0.1, 0.15) is 127 Å². The van der Waals surface area contributed by atoms with Gasteiger partial charge >= 0.3 is 0 Å². The van der Waals surface area contributed by atoms with E-state index < -0.39 is 11.6 Å². The Balaban J connectivity index is 1.24. The second-order valence-corrected chi connectivity index (χ2v) is 12.1. The van der Waals surface area contributed by atoms with Crippen molar-refractivity contribution < 1.29 is 8.78 Å². The highest BCUT2D eigenvalue weighted by molar-refractivity contribution is 5.29. The van der Waals surface area contributed by atoms with Crippen molar-refractivity contribution in [1.29, 1.82) is 0 Å². The van der Waals surface area contributed by atoms with Crippen LogP contribution < -0.4 is 0 Å². The van der Waals surface area contributed by atoms with Crippen molar-refractivity contribution in [1.82, 2.24) is 0 Å². The molecule has 1 aromatic carbocycles. The zero-order chi connectivity index (χ0) is 23.9. The molecule has 2 heteroatoms. The Morgan fingerprint density at radius 2 is 1.44 bits per heavy atom. The lowest BCUT2D eigenvalue weighted by Gasteiger charge is -2.37. The lowest BCUT2D eigenvalue weighted by Crippen LogP contribution is -2.25. The van der Waals surface area contributed by atoms with Crippen molar-refractivity contribution in [2.45, 2.75) is 122 Å². The molecule has 0 unspecified atom stereocenters. The van der Waals surface area contributed by atoms with Gasteiger partial charge in [0.2, 0.25) is 0 Å². The standard InChI is InChI=1S/C32H48F2/c1-3-6-24-11-13-25(14-12-24)7-4-5-8-29-21-22-30(32(34)31(29)33)28-19-17-27(18-20-28)26-15-9-23(2)10-16-26/h4,7,21-28H,3,5-6,8-20H2,1-2H3/b7-4+. The fourth-order valence-corrected chi connectivity index (χ4v) is 7.38.